The molecule has 0 unspecified atom stereocenters. The number of nitrogens with one attached hydrogen (secondary N) is 2. The summed E-state index contributed by atoms with van der Waals surface area (Å²) in [6.45, 7) is 0.161. The number of terminal acetylenes is 1. The number of imidazole rings is 1. The molecule has 0 fully saturated rings. The van der Waals surface area contributed by atoms with Crippen LogP contribution in [0.4, 0.5) is 5.95 Å². The zero-order chi connectivity index (χ0) is 9.97. The summed E-state index contributed by atoms with van der Waals surface area (Å²) in [5.74, 6) is 3.03. The van der Waals surface area contributed by atoms with E-state index in [2.05, 4.69) is 25.9 Å². The average molecular weight is 190 g/mol. The lowest BCUT2D eigenvalue weighted by molar-refractivity contribution is -0.378. The fourth-order valence-corrected chi connectivity index (χ4v) is 1.08. The third kappa shape index (κ3) is 1.31. The van der Waals surface area contributed by atoms with Crippen LogP contribution >= 0.6 is 0 Å². The Labute approximate surface area is 79.5 Å². The van der Waals surface area contributed by atoms with Crippen molar-refractivity contribution in [2.24, 2.45) is 0 Å². The summed E-state index contributed by atoms with van der Waals surface area (Å²) in [7, 11) is 0. The van der Waals surface area contributed by atoms with Gasteiger partial charge >= 0.3 is 5.95 Å². The van der Waals surface area contributed by atoms with Gasteiger partial charge in [0, 0.05) is 0 Å². The van der Waals surface area contributed by atoms with E-state index in [9.17, 15) is 0 Å². The van der Waals surface area contributed by atoms with Crippen LogP contribution in [0.2, 0.25) is 0 Å². The molecule has 14 heavy (non-hydrogen) atoms. The molecule has 0 atom stereocenters. The van der Waals surface area contributed by atoms with Gasteiger partial charge in [0.2, 0.25) is 0 Å². The van der Waals surface area contributed by atoms with Crippen LogP contribution in [0, 0.1) is 12.3 Å². The lowest BCUT2D eigenvalue weighted by atomic mass is 10.5. The van der Waals surface area contributed by atoms with E-state index in [1.807, 2.05) is 0 Å². The summed E-state index contributed by atoms with van der Waals surface area (Å²) in [6.07, 6.45) is 6.58. The average Bonchev–Trinajstić information content (AvgIpc) is 2.61. The monoisotopic (exact) mass is 190 g/mol. The first-order valence-electron chi connectivity index (χ1n) is 3.89. The summed E-state index contributed by atoms with van der Waals surface area (Å²) in [5.41, 5.74) is 6.64. The fourth-order valence-electron chi connectivity index (χ4n) is 1.08. The zero-order valence-corrected chi connectivity index (χ0v) is 7.24. The van der Waals surface area contributed by atoms with E-state index >= 15 is 0 Å². The smallest absolute Gasteiger partial charge is 0.392 e. The van der Waals surface area contributed by atoms with Gasteiger partial charge in [0.15, 0.2) is 12.1 Å². The van der Waals surface area contributed by atoms with Crippen molar-refractivity contribution in [3.8, 4) is 18.2 Å². The van der Waals surface area contributed by atoms with Crippen molar-refractivity contribution < 1.29 is 9.72 Å². The maximum Gasteiger partial charge on any atom is 0.392 e. The summed E-state index contributed by atoms with van der Waals surface area (Å²) in [5, 5.41) is 0. The molecule has 0 aliphatic rings. The van der Waals surface area contributed by atoms with Gasteiger partial charge < -0.3 is 9.72 Å². The molecule has 0 aliphatic carbocycles. The van der Waals surface area contributed by atoms with Crippen LogP contribution in [-0.2, 0) is 0 Å². The number of hydrogen-bond acceptors (Lipinski definition) is 4. The van der Waals surface area contributed by atoms with Crippen LogP contribution in [0.25, 0.3) is 11.2 Å². The van der Waals surface area contributed by atoms with E-state index in [1.54, 1.807) is 0 Å². The molecule has 0 saturated heterocycles. The molecule has 4 N–H and O–H groups in total. The topological polar surface area (TPSA) is 91.0 Å². The summed E-state index contributed by atoms with van der Waals surface area (Å²) < 4.78 is 5.22. The Bertz CT molecular complexity index is 498. The molecular weight excluding hydrogens is 182 g/mol. The first-order valence-corrected chi connectivity index (χ1v) is 3.89. The minimum Gasteiger partial charge on any atom is -0.453 e. The molecule has 70 valence electrons. The number of H-pyrrole nitrogens is 2. The van der Waals surface area contributed by atoms with Gasteiger partial charge in [-0.3, -0.25) is 5.73 Å². The van der Waals surface area contributed by atoms with E-state index < -0.39 is 0 Å². The van der Waals surface area contributed by atoms with Gasteiger partial charge in [-0.2, -0.15) is 0 Å². The second-order valence-electron chi connectivity index (χ2n) is 2.55. The number of aromatic amines is 2. The van der Waals surface area contributed by atoms with E-state index in [-0.39, 0.29) is 12.6 Å². The number of rotatable bonds is 2. The van der Waals surface area contributed by atoms with Gasteiger partial charge in [-0.15, -0.1) is 6.42 Å². The third-order valence-corrected chi connectivity index (χ3v) is 1.61. The van der Waals surface area contributed by atoms with E-state index in [4.69, 9.17) is 16.9 Å². The molecule has 0 saturated carbocycles. The molecule has 2 aromatic heterocycles. The quantitative estimate of drug-likeness (QED) is 0.616. The first kappa shape index (κ1) is 8.31. The highest BCUT2D eigenvalue weighted by Gasteiger charge is 2.13. The Morgan fingerprint density at radius 3 is 3.36 bits per heavy atom. The molecule has 0 spiro atoms. The molecule has 0 amide bonds. The van der Waals surface area contributed by atoms with Crippen LogP contribution in [0.3, 0.4) is 0 Å². The molecule has 2 aromatic rings. The van der Waals surface area contributed by atoms with Crippen LogP contribution in [0.15, 0.2) is 6.33 Å². The van der Waals surface area contributed by atoms with Gasteiger partial charge in [-0.05, 0) is 4.98 Å². The number of hydrogen-bond donors (Lipinski definition) is 2. The second kappa shape index (κ2) is 3.22. The van der Waals surface area contributed by atoms with Gasteiger partial charge in [-0.1, -0.05) is 5.92 Å². The fraction of sp³-hybridized carbons (Fsp3) is 0.125. The standard InChI is InChI=1S/C8H7N5O/c1-2-3-14-7-5-6(11-4-10-5)12-8(9)13-7/h1,4H,3H2,(H3,9,10,11,12,13)/p+1. The van der Waals surface area contributed by atoms with E-state index in [0.717, 1.165) is 0 Å². The Morgan fingerprint density at radius 2 is 2.57 bits per heavy atom. The van der Waals surface area contributed by atoms with Crippen molar-refractivity contribution in [2.45, 2.75) is 0 Å². The summed E-state index contributed by atoms with van der Waals surface area (Å²) >= 11 is 0. The molecule has 0 aliphatic heterocycles. The number of aromatic nitrogens is 4. The number of nitrogens with two attached hydrogens (primary N) is 1. The largest absolute Gasteiger partial charge is 0.453 e. The highest BCUT2D eigenvalue weighted by Crippen LogP contribution is 2.15. The minimum atomic E-state index is 0.161. The van der Waals surface area contributed by atoms with Crippen molar-refractivity contribution in [2.75, 3.05) is 12.3 Å². The predicted molar refractivity (Wildman–Crippen MR) is 49.2 cm³/mol. The molecule has 2 heterocycles. The number of nitrogen functional groups attached to an aromatic ring is 1. The molecule has 0 bridgehead atoms. The van der Waals surface area contributed by atoms with Gasteiger partial charge in [0.1, 0.15) is 0 Å². The minimum absolute atomic E-state index is 0.161. The van der Waals surface area contributed by atoms with Gasteiger partial charge in [-0.25, -0.2) is 9.97 Å². The molecule has 2 rings (SSSR count). The van der Waals surface area contributed by atoms with Gasteiger partial charge in [0.25, 0.3) is 11.5 Å². The van der Waals surface area contributed by atoms with Crippen LogP contribution < -0.4 is 15.5 Å². The highest BCUT2D eigenvalue weighted by molar-refractivity contribution is 5.74. The zero-order valence-electron chi connectivity index (χ0n) is 7.24. The van der Waals surface area contributed by atoms with Crippen molar-refractivity contribution in [1.29, 1.82) is 0 Å². The number of nitrogens with zero attached hydrogens (tertiary/aromatic N) is 2. The van der Waals surface area contributed by atoms with Crippen LogP contribution in [-0.4, -0.2) is 21.6 Å². The second-order valence-corrected chi connectivity index (χ2v) is 2.55. The summed E-state index contributed by atoms with van der Waals surface area (Å²) in [6, 6.07) is 0. The third-order valence-electron chi connectivity index (χ3n) is 1.61. The maximum atomic E-state index is 5.50. The van der Waals surface area contributed by atoms with E-state index in [1.165, 1.54) is 6.33 Å². The molecule has 0 radical (unpaired) electrons. The van der Waals surface area contributed by atoms with Crippen LogP contribution in [0.5, 0.6) is 5.88 Å². The van der Waals surface area contributed by atoms with Gasteiger partial charge in [0.05, 0.1) is 6.33 Å². The van der Waals surface area contributed by atoms with Crippen molar-refractivity contribution in [3.05, 3.63) is 6.33 Å². The summed E-state index contributed by atoms with van der Waals surface area (Å²) in [4.78, 5) is 13.5. The Balaban J connectivity index is 2.51. The predicted octanol–water partition coefficient (Wildman–Crippen LogP) is -0.634. The number of fused-ring (bicyclic) bond motifs is 1. The Kier molecular flexibility index (Phi) is 1.91. The molecule has 0 aromatic carbocycles. The van der Waals surface area contributed by atoms with Crippen LogP contribution in [0.1, 0.15) is 0 Å². The van der Waals surface area contributed by atoms with Crippen molar-refractivity contribution in [3.63, 3.8) is 0 Å². The van der Waals surface area contributed by atoms with E-state index in [0.29, 0.717) is 17.0 Å². The number of ether oxygens (including phenoxy) is 1. The lowest BCUT2D eigenvalue weighted by Crippen LogP contribution is -2.17. The molecule has 6 nitrogen and oxygen atoms in total. The maximum absolute atomic E-state index is 5.50. The highest BCUT2D eigenvalue weighted by atomic mass is 16.5. The van der Waals surface area contributed by atoms with Crippen molar-refractivity contribution >= 4 is 17.1 Å². The first-order chi connectivity index (χ1) is 6.81. The normalized spacial score (nSPS) is 9.93. The number of anilines is 1. The van der Waals surface area contributed by atoms with Crippen molar-refractivity contribution in [1.82, 2.24) is 15.0 Å². The lowest BCUT2D eigenvalue weighted by Gasteiger charge is -1.98. The molecule has 6 heteroatoms. The SMILES string of the molecule is C#CCOc1[nH+]c(N)nc2nc[nH]c12. The molecular formula is C8H8N5O+. The Hall–Kier alpha value is -2.29. The Morgan fingerprint density at radius 1 is 1.71 bits per heavy atom.